The Morgan fingerprint density at radius 3 is 2.50 bits per heavy atom. The summed E-state index contributed by atoms with van der Waals surface area (Å²) in [6.07, 6.45) is 1.85. The van der Waals surface area contributed by atoms with Crippen LogP contribution < -0.4 is 0 Å². The second-order valence-electron chi connectivity index (χ2n) is 5.28. The maximum atomic E-state index is 11.1. The molecule has 1 aliphatic heterocycles. The van der Waals surface area contributed by atoms with Gasteiger partial charge in [0.15, 0.2) is 0 Å². The summed E-state index contributed by atoms with van der Waals surface area (Å²) in [4.78, 5) is 11.1. The van der Waals surface area contributed by atoms with Crippen molar-refractivity contribution in [2.24, 2.45) is 11.8 Å². The molecule has 0 saturated carbocycles. The van der Waals surface area contributed by atoms with Crippen LogP contribution in [0.5, 0.6) is 0 Å². The summed E-state index contributed by atoms with van der Waals surface area (Å²) in [5, 5.41) is 0. The molecule has 0 bridgehead atoms. The number of carbonyl (C=O) groups is 1. The lowest BCUT2D eigenvalue weighted by Gasteiger charge is -2.44. The van der Waals surface area contributed by atoms with Crippen molar-refractivity contribution >= 4 is 5.78 Å². The Kier molecular flexibility index (Phi) is 3.36. The van der Waals surface area contributed by atoms with Gasteiger partial charge in [0.2, 0.25) is 0 Å². The van der Waals surface area contributed by atoms with Gasteiger partial charge in [0, 0.05) is 6.42 Å². The molecule has 1 aliphatic rings. The highest BCUT2D eigenvalue weighted by Crippen LogP contribution is 2.37. The zero-order valence-electron chi connectivity index (χ0n) is 9.96. The average molecular weight is 198 g/mol. The lowest BCUT2D eigenvalue weighted by molar-refractivity contribution is -0.165. The Morgan fingerprint density at radius 1 is 1.43 bits per heavy atom. The molecule has 82 valence electrons. The zero-order valence-corrected chi connectivity index (χ0v) is 9.96. The van der Waals surface area contributed by atoms with Crippen molar-refractivity contribution in [1.82, 2.24) is 0 Å². The van der Waals surface area contributed by atoms with Crippen LogP contribution in [0.2, 0.25) is 0 Å². The van der Waals surface area contributed by atoms with Crippen LogP contribution in [-0.2, 0) is 9.53 Å². The summed E-state index contributed by atoms with van der Waals surface area (Å²) in [5.41, 5.74) is -0.0768. The number of carbonyl (C=O) groups excluding carboxylic acids is 1. The average Bonchev–Trinajstić information content (AvgIpc) is 1.99. The summed E-state index contributed by atoms with van der Waals surface area (Å²) in [7, 11) is 0. The van der Waals surface area contributed by atoms with Gasteiger partial charge >= 0.3 is 0 Å². The Labute approximate surface area is 87.0 Å². The van der Waals surface area contributed by atoms with E-state index in [0.717, 1.165) is 6.42 Å². The molecule has 0 amide bonds. The second-order valence-corrected chi connectivity index (χ2v) is 5.28. The SMILES string of the molecule is CC(=O)CC1OC(C)(C)C(C)CC1C. The Balaban J connectivity index is 2.65. The summed E-state index contributed by atoms with van der Waals surface area (Å²) in [5.74, 6) is 1.30. The summed E-state index contributed by atoms with van der Waals surface area (Å²) < 4.78 is 5.99. The van der Waals surface area contributed by atoms with E-state index in [1.54, 1.807) is 6.92 Å². The van der Waals surface area contributed by atoms with Crippen molar-refractivity contribution in [1.29, 1.82) is 0 Å². The first-order valence-electron chi connectivity index (χ1n) is 5.50. The van der Waals surface area contributed by atoms with Crippen LogP contribution in [0.3, 0.4) is 0 Å². The molecule has 0 aliphatic carbocycles. The number of Topliss-reactive ketones (excluding diaryl/α,β-unsaturated/α-hetero) is 1. The molecular formula is C12H22O2. The van der Waals surface area contributed by atoms with Crippen LogP contribution in [0.4, 0.5) is 0 Å². The molecule has 0 aromatic rings. The number of hydrogen-bond acceptors (Lipinski definition) is 2. The Bertz CT molecular complexity index is 220. The van der Waals surface area contributed by atoms with Gasteiger partial charge in [-0.1, -0.05) is 13.8 Å². The molecular weight excluding hydrogens is 176 g/mol. The third-order valence-corrected chi connectivity index (χ3v) is 3.49. The van der Waals surface area contributed by atoms with Crippen LogP contribution >= 0.6 is 0 Å². The first kappa shape index (κ1) is 11.7. The fourth-order valence-corrected chi connectivity index (χ4v) is 2.14. The van der Waals surface area contributed by atoms with Gasteiger partial charge in [-0.05, 0) is 39.0 Å². The maximum absolute atomic E-state index is 11.1. The van der Waals surface area contributed by atoms with Gasteiger partial charge in [-0.25, -0.2) is 0 Å². The first-order chi connectivity index (χ1) is 6.33. The van der Waals surface area contributed by atoms with E-state index in [-0.39, 0.29) is 17.5 Å². The van der Waals surface area contributed by atoms with Gasteiger partial charge in [0.05, 0.1) is 11.7 Å². The molecule has 1 rings (SSSR count). The number of hydrogen-bond donors (Lipinski definition) is 0. The monoisotopic (exact) mass is 198 g/mol. The van der Waals surface area contributed by atoms with Gasteiger partial charge in [-0.3, -0.25) is 4.79 Å². The van der Waals surface area contributed by atoms with Crippen molar-refractivity contribution in [2.75, 3.05) is 0 Å². The van der Waals surface area contributed by atoms with E-state index in [4.69, 9.17) is 4.74 Å². The molecule has 1 fully saturated rings. The molecule has 0 aromatic carbocycles. The smallest absolute Gasteiger partial charge is 0.132 e. The Morgan fingerprint density at radius 2 is 2.00 bits per heavy atom. The van der Waals surface area contributed by atoms with Gasteiger partial charge in [0.1, 0.15) is 5.78 Å². The highest BCUT2D eigenvalue weighted by molar-refractivity contribution is 5.76. The molecule has 0 aromatic heterocycles. The molecule has 2 nitrogen and oxygen atoms in total. The minimum Gasteiger partial charge on any atom is -0.371 e. The number of rotatable bonds is 2. The van der Waals surface area contributed by atoms with E-state index in [2.05, 4.69) is 27.7 Å². The predicted octanol–water partition coefficient (Wildman–Crippen LogP) is 2.81. The van der Waals surface area contributed by atoms with E-state index in [9.17, 15) is 4.79 Å². The van der Waals surface area contributed by atoms with Crippen molar-refractivity contribution in [2.45, 2.75) is 59.2 Å². The van der Waals surface area contributed by atoms with Crippen LogP contribution in [-0.4, -0.2) is 17.5 Å². The highest BCUT2D eigenvalue weighted by atomic mass is 16.5. The minimum absolute atomic E-state index is 0.0768. The topological polar surface area (TPSA) is 26.3 Å². The predicted molar refractivity (Wildman–Crippen MR) is 57.2 cm³/mol. The molecule has 3 atom stereocenters. The van der Waals surface area contributed by atoms with E-state index >= 15 is 0 Å². The standard InChI is InChI=1S/C12H22O2/c1-8-6-9(2)12(4,5)14-11(8)7-10(3)13/h8-9,11H,6-7H2,1-5H3. The summed E-state index contributed by atoms with van der Waals surface area (Å²) >= 11 is 0. The minimum atomic E-state index is -0.0768. The molecule has 2 heteroatoms. The molecule has 3 unspecified atom stereocenters. The van der Waals surface area contributed by atoms with Crippen molar-refractivity contribution < 1.29 is 9.53 Å². The van der Waals surface area contributed by atoms with Gasteiger partial charge in [0.25, 0.3) is 0 Å². The second kappa shape index (κ2) is 4.01. The van der Waals surface area contributed by atoms with Crippen molar-refractivity contribution in [3.05, 3.63) is 0 Å². The summed E-state index contributed by atoms with van der Waals surface area (Å²) in [6.45, 7) is 10.3. The number of ether oxygens (including phenoxy) is 1. The molecule has 14 heavy (non-hydrogen) atoms. The van der Waals surface area contributed by atoms with Crippen LogP contribution in [0, 0.1) is 11.8 Å². The lowest BCUT2D eigenvalue weighted by atomic mass is 9.78. The quantitative estimate of drug-likeness (QED) is 0.682. The van der Waals surface area contributed by atoms with E-state index in [0.29, 0.717) is 18.3 Å². The van der Waals surface area contributed by atoms with Crippen LogP contribution in [0.25, 0.3) is 0 Å². The van der Waals surface area contributed by atoms with Gasteiger partial charge < -0.3 is 4.74 Å². The fourth-order valence-electron chi connectivity index (χ4n) is 2.14. The molecule has 0 spiro atoms. The lowest BCUT2D eigenvalue weighted by Crippen LogP contribution is -2.46. The molecule has 0 radical (unpaired) electrons. The molecule has 1 saturated heterocycles. The van der Waals surface area contributed by atoms with Gasteiger partial charge in [-0.2, -0.15) is 0 Å². The molecule has 0 N–H and O–H groups in total. The third-order valence-electron chi connectivity index (χ3n) is 3.49. The summed E-state index contributed by atoms with van der Waals surface area (Å²) in [6, 6.07) is 0. The number of ketones is 1. The molecule has 1 heterocycles. The zero-order chi connectivity index (χ0) is 10.9. The van der Waals surface area contributed by atoms with E-state index < -0.39 is 0 Å². The van der Waals surface area contributed by atoms with Gasteiger partial charge in [-0.15, -0.1) is 0 Å². The normalized spacial score (nSPS) is 36.8. The first-order valence-corrected chi connectivity index (χ1v) is 5.50. The van der Waals surface area contributed by atoms with E-state index in [1.165, 1.54) is 0 Å². The van der Waals surface area contributed by atoms with Crippen LogP contribution in [0.15, 0.2) is 0 Å². The largest absolute Gasteiger partial charge is 0.371 e. The Hall–Kier alpha value is -0.370. The van der Waals surface area contributed by atoms with E-state index in [1.807, 2.05) is 0 Å². The van der Waals surface area contributed by atoms with Crippen molar-refractivity contribution in [3.63, 3.8) is 0 Å². The maximum Gasteiger partial charge on any atom is 0.132 e. The van der Waals surface area contributed by atoms with Crippen LogP contribution in [0.1, 0.15) is 47.5 Å². The van der Waals surface area contributed by atoms with Crippen molar-refractivity contribution in [3.8, 4) is 0 Å². The highest BCUT2D eigenvalue weighted by Gasteiger charge is 2.38. The fraction of sp³-hybridized carbons (Fsp3) is 0.917. The third kappa shape index (κ3) is 2.57.